The first kappa shape index (κ1) is 21.4. The van der Waals surface area contributed by atoms with Crippen LogP contribution in [0.25, 0.3) is 0 Å². The molecule has 9 heteroatoms. The topological polar surface area (TPSA) is 106 Å². The van der Waals surface area contributed by atoms with Crippen LogP contribution in [0.3, 0.4) is 0 Å². The zero-order valence-corrected chi connectivity index (χ0v) is 16.4. The van der Waals surface area contributed by atoms with Crippen molar-refractivity contribution in [1.82, 2.24) is 15.8 Å². The first-order valence-corrected chi connectivity index (χ1v) is 10.6. The molecule has 144 valence electrons. The first-order chi connectivity index (χ1) is 11.9. The smallest absolute Gasteiger partial charge is 0.191 e. The van der Waals surface area contributed by atoms with Gasteiger partial charge in [-0.3, -0.25) is 4.99 Å². The third-order valence-electron chi connectivity index (χ3n) is 3.77. The van der Waals surface area contributed by atoms with Crippen molar-refractivity contribution in [2.45, 2.75) is 39.2 Å². The molecule has 0 fully saturated rings. The Bertz CT molecular complexity index is 624. The maximum Gasteiger partial charge on any atom is 0.191 e. The van der Waals surface area contributed by atoms with Crippen molar-refractivity contribution in [3.8, 4) is 0 Å². The van der Waals surface area contributed by atoms with Gasteiger partial charge in [0.1, 0.15) is 9.84 Å². The Morgan fingerprint density at radius 2 is 2.04 bits per heavy atom. The Labute approximate surface area is 150 Å². The van der Waals surface area contributed by atoms with Crippen LogP contribution in [0.4, 0.5) is 0 Å². The van der Waals surface area contributed by atoms with Crippen molar-refractivity contribution in [3.05, 3.63) is 17.5 Å². The van der Waals surface area contributed by atoms with Crippen molar-refractivity contribution in [1.29, 1.82) is 0 Å². The van der Waals surface area contributed by atoms with Gasteiger partial charge in [-0.05, 0) is 12.8 Å². The maximum absolute atomic E-state index is 11.0. The zero-order valence-electron chi connectivity index (χ0n) is 15.5. The van der Waals surface area contributed by atoms with Crippen LogP contribution in [-0.4, -0.2) is 58.3 Å². The van der Waals surface area contributed by atoms with Crippen molar-refractivity contribution in [3.63, 3.8) is 0 Å². The van der Waals surface area contributed by atoms with Gasteiger partial charge in [0.05, 0.1) is 31.2 Å². The third-order valence-corrected chi connectivity index (χ3v) is 4.68. The standard InChI is InChI=1S/C16H30N4O4S/c1-5-13(6-2)15-11-14(24-20-15)12-19-16(17-3)18-7-8-23-9-10-25(4,21)22/h11,13H,5-10,12H2,1-4H3,(H2,17,18,19). The van der Waals surface area contributed by atoms with Gasteiger partial charge < -0.3 is 19.9 Å². The molecule has 2 N–H and O–H groups in total. The molecule has 0 aromatic carbocycles. The highest BCUT2D eigenvalue weighted by molar-refractivity contribution is 7.90. The lowest BCUT2D eigenvalue weighted by Gasteiger charge is -2.10. The summed E-state index contributed by atoms with van der Waals surface area (Å²) in [4.78, 5) is 4.12. The van der Waals surface area contributed by atoms with Crippen LogP contribution >= 0.6 is 0 Å². The lowest BCUT2D eigenvalue weighted by Crippen LogP contribution is -2.38. The fourth-order valence-corrected chi connectivity index (χ4v) is 2.68. The van der Waals surface area contributed by atoms with E-state index in [0.29, 0.717) is 31.6 Å². The average molecular weight is 375 g/mol. The lowest BCUT2D eigenvalue weighted by atomic mass is 9.99. The summed E-state index contributed by atoms with van der Waals surface area (Å²) in [6.07, 6.45) is 3.27. The Kier molecular flexibility index (Phi) is 9.51. The highest BCUT2D eigenvalue weighted by Crippen LogP contribution is 2.22. The molecule has 0 spiro atoms. The largest absolute Gasteiger partial charge is 0.379 e. The van der Waals surface area contributed by atoms with Gasteiger partial charge in [0.25, 0.3) is 0 Å². The second-order valence-electron chi connectivity index (χ2n) is 5.83. The van der Waals surface area contributed by atoms with E-state index in [-0.39, 0.29) is 12.4 Å². The number of guanidine groups is 1. The summed E-state index contributed by atoms with van der Waals surface area (Å²) in [5.41, 5.74) is 0.990. The summed E-state index contributed by atoms with van der Waals surface area (Å²) in [6, 6.07) is 1.98. The van der Waals surface area contributed by atoms with Gasteiger partial charge in [0, 0.05) is 31.8 Å². The Balaban J connectivity index is 2.28. The minimum absolute atomic E-state index is 0.0321. The second kappa shape index (κ2) is 11.1. The van der Waals surface area contributed by atoms with Gasteiger partial charge in [-0.15, -0.1) is 0 Å². The molecule has 0 unspecified atom stereocenters. The second-order valence-corrected chi connectivity index (χ2v) is 8.09. The molecule has 0 bridgehead atoms. The van der Waals surface area contributed by atoms with E-state index in [1.165, 1.54) is 6.26 Å². The number of hydrogen-bond donors (Lipinski definition) is 2. The van der Waals surface area contributed by atoms with E-state index in [1.54, 1.807) is 7.05 Å². The molecule has 1 heterocycles. The minimum atomic E-state index is -2.98. The van der Waals surface area contributed by atoms with Crippen molar-refractivity contribution in [2.75, 3.05) is 38.8 Å². The van der Waals surface area contributed by atoms with Crippen molar-refractivity contribution >= 4 is 15.8 Å². The normalized spacial score (nSPS) is 12.6. The van der Waals surface area contributed by atoms with E-state index in [0.717, 1.165) is 24.3 Å². The molecule has 8 nitrogen and oxygen atoms in total. The van der Waals surface area contributed by atoms with Gasteiger partial charge in [0.15, 0.2) is 11.7 Å². The number of ether oxygens (including phenoxy) is 1. The summed E-state index contributed by atoms with van der Waals surface area (Å²) in [6.45, 7) is 5.90. The van der Waals surface area contributed by atoms with E-state index in [9.17, 15) is 8.42 Å². The van der Waals surface area contributed by atoms with Crippen LogP contribution in [-0.2, 0) is 21.1 Å². The van der Waals surface area contributed by atoms with Crippen molar-refractivity contribution < 1.29 is 17.7 Å². The quantitative estimate of drug-likeness (QED) is 0.342. The SMILES string of the molecule is CCC(CC)c1cc(CNC(=NC)NCCOCCS(C)(=O)=O)on1. The number of aliphatic imine (C=N–C) groups is 1. The fraction of sp³-hybridized carbons (Fsp3) is 0.750. The molecule has 1 aromatic heterocycles. The van der Waals surface area contributed by atoms with E-state index < -0.39 is 9.84 Å². The molecule has 1 rings (SSSR count). The van der Waals surface area contributed by atoms with E-state index in [2.05, 4.69) is 34.6 Å². The number of aromatic nitrogens is 1. The van der Waals surface area contributed by atoms with Gasteiger partial charge in [-0.2, -0.15) is 0 Å². The fourth-order valence-electron chi connectivity index (χ4n) is 2.26. The molecule has 0 saturated heterocycles. The number of nitrogens with one attached hydrogen (secondary N) is 2. The van der Waals surface area contributed by atoms with Gasteiger partial charge >= 0.3 is 0 Å². The predicted octanol–water partition coefficient (Wildman–Crippen LogP) is 1.30. The molecule has 0 saturated carbocycles. The number of rotatable bonds is 11. The molecule has 0 atom stereocenters. The Morgan fingerprint density at radius 1 is 1.32 bits per heavy atom. The van der Waals surface area contributed by atoms with Gasteiger partial charge in [-0.1, -0.05) is 19.0 Å². The summed E-state index contributed by atoms with van der Waals surface area (Å²) >= 11 is 0. The highest BCUT2D eigenvalue weighted by atomic mass is 32.2. The number of nitrogens with zero attached hydrogens (tertiary/aromatic N) is 2. The minimum Gasteiger partial charge on any atom is -0.379 e. The summed E-state index contributed by atoms with van der Waals surface area (Å²) < 4.78 is 32.6. The molecule has 0 aliphatic carbocycles. The van der Waals surface area contributed by atoms with E-state index in [4.69, 9.17) is 9.26 Å². The van der Waals surface area contributed by atoms with Gasteiger partial charge in [-0.25, -0.2) is 8.42 Å². The van der Waals surface area contributed by atoms with E-state index in [1.807, 2.05) is 6.07 Å². The Morgan fingerprint density at radius 3 is 2.64 bits per heavy atom. The number of sulfone groups is 1. The van der Waals surface area contributed by atoms with Crippen LogP contribution < -0.4 is 10.6 Å². The molecule has 0 aliphatic heterocycles. The number of hydrogen-bond acceptors (Lipinski definition) is 6. The summed E-state index contributed by atoms with van der Waals surface area (Å²) in [5.74, 6) is 1.84. The summed E-state index contributed by atoms with van der Waals surface area (Å²) in [7, 11) is -1.30. The van der Waals surface area contributed by atoms with Gasteiger partial charge in [0.2, 0.25) is 0 Å². The molecular formula is C16H30N4O4S. The van der Waals surface area contributed by atoms with Crippen LogP contribution in [0, 0.1) is 0 Å². The molecule has 25 heavy (non-hydrogen) atoms. The monoisotopic (exact) mass is 374 g/mol. The lowest BCUT2D eigenvalue weighted by molar-refractivity contribution is 0.154. The molecule has 1 aromatic rings. The van der Waals surface area contributed by atoms with Crippen LogP contribution in [0.2, 0.25) is 0 Å². The average Bonchev–Trinajstić information content (AvgIpc) is 3.02. The molecule has 0 aliphatic rings. The van der Waals surface area contributed by atoms with Crippen LogP contribution in [0.5, 0.6) is 0 Å². The van der Waals surface area contributed by atoms with Crippen LogP contribution in [0.1, 0.15) is 44.1 Å². The van der Waals surface area contributed by atoms with E-state index >= 15 is 0 Å². The Hall–Kier alpha value is -1.61. The highest BCUT2D eigenvalue weighted by Gasteiger charge is 2.13. The van der Waals surface area contributed by atoms with Crippen molar-refractivity contribution in [2.24, 2.45) is 4.99 Å². The first-order valence-electron chi connectivity index (χ1n) is 8.55. The summed E-state index contributed by atoms with van der Waals surface area (Å²) in [5, 5.41) is 10.4. The maximum atomic E-state index is 11.0. The zero-order chi connectivity index (χ0) is 18.7. The molecular weight excluding hydrogens is 344 g/mol. The van der Waals surface area contributed by atoms with Crippen LogP contribution in [0.15, 0.2) is 15.6 Å². The predicted molar refractivity (Wildman–Crippen MR) is 98.6 cm³/mol. The molecule has 0 radical (unpaired) electrons. The molecule has 0 amide bonds. The third kappa shape index (κ3) is 8.87.